The second kappa shape index (κ2) is 7.88. The predicted molar refractivity (Wildman–Crippen MR) is 92.5 cm³/mol. The van der Waals surface area contributed by atoms with Crippen molar-refractivity contribution in [1.82, 2.24) is 5.32 Å². The molecule has 0 radical (unpaired) electrons. The molecular weight excluding hydrogens is 290 g/mol. The zero-order valence-electron chi connectivity index (χ0n) is 14.5. The lowest BCUT2D eigenvalue weighted by molar-refractivity contribution is 0.346. The van der Waals surface area contributed by atoms with Gasteiger partial charge in [-0.25, -0.2) is 0 Å². The molecule has 0 saturated carbocycles. The van der Waals surface area contributed by atoms with Crippen molar-refractivity contribution in [3.05, 3.63) is 53.1 Å². The Kier molecular flexibility index (Phi) is 5.88. The summed E-state index contributed by atoms with van der Waals surface area (Å²) in [6, 6.07) is 12.5. The van der Waals surface area contributed by atoms with Gasteiger partial charge < -0.3 is 19.5 Å². The molecule has 1 unspecified atom stereocenters. The van der Waals surface area contributed by atoms with Crippen LogP contribution in [0.4, 0.5) is 0 Å². The van der Waals surface area contributed by atoms with Crippen molar-refractivity contribution in [2.75, 3.05) is 21.3 Å². The molecule has 4 nitrogen and oxygen atoms in total. The maximum atomic E-state index is 5.47. The Bertz CT molecular complexity index is 655. The van der Waals surface area contributed by atoms with Crippen molar-refractivity contribution in [2.24, 2.45) is 0 Å². The summed E-state index contributed by atoms with van der Waals surface area (Å²) in [5, 5.41) is 3.54. The van der Waals surface area contributed by atoms with Gasteiger partial charge in [0.2, 0.25) is 0 Å². The Balaban J connectivity index is 2.18. The fourth-order valence-electron chi connectivity index (χ4n) is 2.68. The molecule has 0 aromatic heterocycles. The Morgan fingerprint density at radius 2 is 1.52 bits per heavy atom. The van der Waals surface area contributed by atoms with E-state index < -0.39 is 0 Å². The molecule has 0 fully saturated rings. The standard InChI is InChI=1S/C19H25NO3/c1-13-8-6-7-9-16(13)14(2)20-12-15-10-18(22-4)19(23-5)11-17(15)21-3/h6-11,14,20H,12H2,1-5H3. The summed E-state index contributed by atoms with van der Waals surface area (Å²) in [7, 11) is 4.92. The van der Waals surface area contributed by atoms with Crippen LogP contribution in [0.3, 0.4) is 0 Å². The number of ether oxygens (including phenoxy) is 3. The van der Waals surface area contributed by atoms with E-state index in [1.165, 1.54) is 11.1 Å². The van der Waals surface area contributed by atoms with E-state index in [-0.39, 0.29) is 6.04 Å². The summed E-state index contributed by atoms with van der Waals surface area (Å²) in [5.41, 5.74) is 3.62. The van der Waals surface area contributed by atoms with Crippen LogP contribution in [0.15, 0.2) is 36.4 Å². The van der Waals surface area contributed by atoms with Gasteiger partial charge in [-0.3, -0.25) is 0 Å². The smallest absolute Gasteiger partial charge is 0.164 e. The first kappa shape index (κ1) is 17.2. The zero-order chi connectivity index (χ0) is 16.8. The van der Waals surface area contributed by atoms with Gasteiger partial charge in [-0.05, 0) is 31.0 Å². The van der Waals surface area contributed by atoms with E-state index in [1.807, 2.05) is 12.1 Å². The van der Waals surface area contributed by atoms with Crippen molar-refractivity contribution in [1.29, 1.82) is 0 Å². The van der Waals surface area contributed by atoms with Gasteiger partial charge in [0, 0.05) is 24.2 Å². The molecule has 0 amide bonds. The third-order valence-corrected chi connectivity index (χ3v) is 4.04. The number of rotatable bonds is 7. The van der Waals surface area contributed by atoms with E-state index >= 15 is 0 Å². The van der Waals surface area contributed by atoms with Gasteiger partial charge in [-0.1, -0.05) is 24.3 Å². The van der Waals surface area contributed by atoms with E-state index in [9.17, 15) is 0 Å². The number of hydrogen-bond donors (Lipinski definition) is 1. The lowest BCUT2D eigenvalue weighted by Crippen LogP contribution is -2.19. The topological polar surface area (TPSA) is 39.7 Å². The predicted octanol–water partition coefficient (Wildman–Crippen LogP) is 3.87. The van der Waals surface area contributed by atoms with Crippen LogP contribution < -0.4 is 19.5 Å². The van der Waals surface area contributed by atoms with Crippen LogP contribution in [0.25, 0.3) is 0 Å². The summed E-state index contributed by atoms with van der Waals surface area (Å²) in [4.78, 5) is 0. The lowest BCUT2D eigenvalue weighted by Gasteiger charge is -2.19. The largest absolute Gasteiger partial charge is 0.496 e. The third kappa shape index (κ3) is 3.96. The van der Waals surface area contributed by atoms with Crippen molar-refractivity contribution in [3.8, 4) is 17.2 Å². The van der Waals surface area contributed by atoms with Crippen LogP contribution >= 0.6 is 0 Å². The Labute approximate surface area is 138 Å². The molecule has 4 heteroatoms. The van der Waals surface area contributed by atoms with Crippen LogP contribution in [-0.4, -0.2) is 21.3 Å². The first-order valence-corrected chi connectivity index (χ1v) is 7.68. The molecule has 0 heterocycles. The van der Waals surface area contributed by atoms with Gasteiger partial charge in [0.15, 0.2) is 11.5 Å². The van der Waals surface area contributed by atoms with Gasteiger partial charge in [0.25, 0.3) is 0 Å². The highest BCUT2D eigenvalue weighted by molar-refractivity contribution is 5.50. The van der Waals surface area contributed by atoms with Gasteiger partial charge in [-0.15, -0.1) is 0 Å². The van der Waals surface area contributed by atoms with Crippen molar-refractivity contribution >= 4 is 0 Å². The zero-order valence-corrected chi connectivity index (χ0v) is 14.5. The average molecular weight is 315 g/mol. The Morgan fingerprint density at radius 3 is 2.13 bits per heavy atom. The number of aryl methyl sites for hydroxylation is 1. The van der Waals surface area contributed by atoms with E-state index in [0.717, 1.165) is 11.3 Å². The van der Waals surface area contributed by atoms with Gasteiger partial charge in [-0.2, -0.15) is 0 Å². The highest BCUT2D eigenvalue weighted by atomic mass is 16.5. The minimum Gasteiger partial charge on any atom is -0.496 e. The third-order valence-electron chi connectivity index (χ3n) is 4.04. The molecule has 0 aliphatic rings. The maximum Gasteiger partial charge on any atom is 0.164 e. The minimum absolute atomic E-state index is 0.244. The molecule has 0 saturated heterocycles. The fourth-order valence-corrected chi connectivity index (χ4v) is 2.68. The molecule has 0 spiro atoms. The van der Waals surface area contributed by atoms with E-state index in [4.69, 9.17) is 14.2 Å². The molecule has 2 aromatic carbocycles. The molecule has 2 aromatic rings. The number of benzene rings is 2. The molecule has 0 aliphatic heterocycles. The van der Waals surface area contributed by atoms with Crippen molar-refractivity contribution < 1.29 is 14.2 Å². The molecule has 124 valence electrons. The van der Waals surface area contributed by atoms with E-state index in [0.29, 0.717) is 18.0 Å². The Hall–Kier alpha value is -2.20. The first-order chi connectivity index (χ1) is 11.1. The van der Waals surface area contributed by atoms with Crippen LogP contribution in [0, 0.1) is 6.92 Å². The highest BCUT2D eigenvalue weighted by Gasteiger charge is 2.13. The van der Waals surface area contributed by atoms with Gasteiger partial charge in [0.1, 0.15) is 5.75 Å². The molecule has 0 bridgehead atoms. The van der Waals surface area contributed by atoms with E-state index in [2.05, 4.69) is 43.4 Å². The number of nitrogens with one attached hydrogen (secondary N) is 1. The summed E-state index contributed by atoms with van der Waals surface area (Å²) in [5.74, 6) is 2.15. The van der Waals surface area contributed by atoms with Crippen molar-refractivity contribution in [3.63, 3.8) is 0 Å². The van der Waals surface area contributed by atoms with Gasteiger partial charge in [0.05, 0.1) is 21.3 Å². The molecule has 2 rings (SSSR count). The van der Waals surface area contributed by atoms with Crippen LogP contribution in [0.2, 0.25) is 0 Å². The normalized spacial score (nSPS) is 11.9. The SMILES string of the molecule is COc1cc(OC)c(OC)cc1CNC(C)c1ccccc1C. The molecular formula is C19H25NO3. The summed E-state index contributed by atoms with van der Waals surface area (Å²) in [6.07, 6.45) is 0. The average Bonchev–Trinajstić information content (AvgIpc) is 2.59. The second-order valence-electron chi connectivity index (χ2n) is 5.48. The molecule has 0 aliphatic carbocycles. The van der Waals surface area contributed by atoms with E-state index in [1.54, 1.807) is 21.3 Å². The number of hydrogen-bond acceptors (Lipinski definition) is 4. The second-order valence-corrected chi connectivity index (χ2v) is 5.48. The minimum atomic E-state index is 0.244. The summed E-state index contributed by atoms with van der Waals surface area (Å²) < 4.78 is 16.2. The van der Waals surface area contributed by atoms with Gasteiger partial charge >= 0.3 is 0 Å². The molecule has 1 atom stereocenters. The summed E-state index contributed by atoms with van der Waals surface area (Å²) >= 11 is 0. The maximum absolute atomic E-state index is 5.47. The van der Waals surface area contributed by atoms with Crippen LogP contribution in [-0.2, 0) is 6.54 Å². The number of methoxy groups -OCH3 is 3. The monoisotopic (exact) mass is 315 g/mol. The van der Waals surface area contributed by atoms with Crippen LogP contribution in [0.5, 0.6) is 17.2 Å². The summed E-state index contributed by atoms with van der Waals surface area (Å²) in [6.45, 7) is 4.97. The lowest BCUT2D eigenvalue weighted by atomic mass is 10.0. The molecule has 1 N–H and O–H groups in total. The molecule has 23 heavy (non-hydrogen) atoms. The fraction of sp³-hybridized carbons (Fsp3) is 0.368. The quantitative estimate of drug-likeness (QED) is 0.842. The Morgan fingerprint density at radius 1 is 0.913 bits per heavy atom. The van der Waals surface area contributed by atoms with Crippen LogP contribution in [0.1, 0.15) is 29.7 Å². The first-order valence-electron chi connectivity index (χ1n) is 7.68. The van der Waals surface area contributed by atoms with Crippen molar-refractivity contribution in [2.45, 2.75) is 26.4 Å². The highest BCUT2D eigenvalue weighted by Crippen LogP contribution is 2.34.